The van der Waals surface area contributed by atoms with E-state index in [1.165, 1.54) is 0 Å². The fourth-order valence-corrected chi connectivity index (χ4v) is 1.99. The zero-order valence-electron chi connectivity index (χ0n) is 9.04. The highest BCUT2D eigenvalue weighted by Crippen LogP contribution is 2.23. The van der Waals surface area contributed by atoms with Gasteiger partial charge < -0.3 is 11.1 Å². The third-order valence-corrected chi connectivity index (χ3v) is 2.92. The second-order valence-corrected chi connectivity index (χ2v) is 4.11. The summed E-state index contributed by atoms with van der Waals surface area (Å²) >= 11 is 0. The maximum atomic E-state index is 11.6. The molecule has 0 aromatic rings. The van der Waals surface area contributed by atoms with Gasteiger partial charge in [-0.05, 0) is 25.7 Å². The molecule has 2 unspecified atom stereocenters. The Morgan fingerprint density at radius 2 is 2.27 bits per heavy atom. The molecule has 2 atom stereocenters. The van der Waals surface area contributed by atoms with Gasteiger partial charge in [-0.2, -0.15) is 5.26 Å². The summed E-state index contributed by atoms with van der Waals surface area (Å²) in [6.07, 6.45) is 5.25. The molecule has 0 spiro atoms. The predicted molar refractivity (Wildman–Crippen MR) is 57.8 cm³/mol. The van der Waals surface area contributed by atoms with E-state index < -0.39 is 0 Å². The van der Waals surface area contributed by atoms with Gasteiger partial charge >= 0.3 is 0 Å². The van der Waals surface area contributed by atoms with Gasteiger partial charge in [-0.3, -0.25) is 4.79 Å². The van der Waals surface area contributed by atoms with Gasteiger partial charge in [0.15, 0.2) is 0 Å². The molecule has 4 nitrogen and oxygen atoms in total. The monoisotopic (exact) mass is 209 g/mol. The zero-order valence-corrected chi connectivity index (χ0v) is 9.04. The SMILES string of the molecule is N#CCCCCNC(=O)C1CCCC1N. The second-order valence-electron chi connectivity index (χ2n) is 4.11. The molecule has 1 aliphatic carbocycles. The van der Waals surface area contributed by atoms with Crippen molar-refractivity contribution in [1.82, 2.24) is 5.32 Å². The van der Waals surface area contributed by atoms with Crippen LogP contribution in [0.25, 0.3) is 0 Å². The van der Waals surface area contributed by atoms with Crippen molar-refractivity contribution in [2.45, 2.75) is 44.6 Å². The van der Waals surface area contributed by atoms with Crippen molar-refractivity contribution in [3.8, 4) is 6.07 Å². The van der Waals surface area contributed by atoms with E-state index in [-0.39, 0.29) is 17.9 Å². The van der Waals surface area contributed by atoms with Crippen molar-refractivity contribution in [3.63, 3.8) is 0 Å². The summed E-state index contributed by atoms with van der Waals surface area (Å²) in [7, 11) is 0. The molecular formula is C11H19N3O. The smallest absolute Gasteiger partial charge is 0.224 e. The number of hydrogen-bond donors (Lipinski definition) is 2. The van der Waals surface area contributed by atoms with E-state index in [9.17, 15) is 4.79 Å². The molecule has 0 aromatic heterocycles. The van der Waals surface area contributed by atoms with E-state index in [0.717, 1.165) is 32.1 Å². The number of amides is 1. The van der Waals surface area contributed by atoms with Gasteiger partial charge in [0.1, 0.15) is 0 Å². The first-order valence-corrected chi connectivity index (χ1v) is 5.66. The molecule has 0 bridgehead atoms. The number of rotatable bonds is 5. The van der Waals surface area contributed by atoms with Crippen LogP contribution in [-0.2, 0) is 4.79 Å². The Labute approximate surface area is 90.8 Å². The van der Waals surface area contributed by atoms with Crippen LogP contribution in [0, 0.1) is 17.2 Å². The number of unbranched alkanes of at least 4 members (excludes halogenated alkanes) is 2. The average molecular weight is 209 g/mol. The summed E-state index contributed by atoms with van der Waals surface area (Å²) in [6.45, 7) is 0.670. The highest BCUT2D eigenvalue weighted by atomic mass is 16.1. The highest BCUT2D eigenvalue weighted by Gasteiger charge is 2.29. The minimum Gasteiger partial charge on any atom is -0.356 e. The number of carbonyl (C=O) groups is 1. The van der Waals surface area contributed by atoms with Crippen molar-refractivity contribution in [2.24, 2.45) is 11.7 Å². The number of nitrogens with zero attached hydrogens (tertiary/aromatic N) is 1. The van der Waals surface area contributed by atoms with Crippen LogP contribution in [0.3, 0.4) is 0 Å². The molecule has 4 heteroatoms. The van der Waals surface area contributed by atoms with Gasteiger partial charge in [0.2, 0.25) is 5.91 Å². The van der Waals surface area contributed by atoms with Crippen molar-refractivity contribution in [2.75, 3.05) is 6.54 Å². The lowest BCUT2D eigenvalue weighted by atomic mass is 10.0. The summed E-state index contributed by atoms with van der Waals surface area (Å²) in [6, 6.07) is 2.13. The van der Waals surface area contributed by atoms with E-state index in [4.69, 9.17) is 11.0 Å². The molecule has 1 amide bonds. The van der Waals surface area contributed by atoms with Crippen LogP contribution in [0.1, 0.15) is 38.5 Å². The topological polar surface area (TPSA) is 78.9 Å². The summed E-state index contributed by atoms with van der Waals surface area (Å²) in [5.41, 5.74) is 5.83. The number of carbonyl (C=O) groups excluding carboxylic acids is 1. The lowest BCUT2D eigenvalue weighted by Gasteiger charge is -2.14. The van der Waals surface area contributed by atoms with Crippen molar-refractivity contribution >= 4 is 5.91 Å². The number of hydrogen-bond acceptors (Lipinski definition) is 3. The summed E-state index contributed by atoms with van der Waals surface area (Å²) in [5.74, 6) is 0.109. The molecule has 0 aliphatic heterocycles. The Balaban J connectivity index is 2.11. The molecule has 0 aromatic carbocycles. The molecule has 0 heterocycles. The quantitative estimate of drug-likeness (QED) is 0.661. The van der Waals surface area contributed by atoms with Crippen LogP contribution in [-0.4, -0.2) is 18.5 Å². The van der Waals surface area contributed by atoms with Gasteiger partial charge in [0.05, 0.1) is 12.0 Å². The summed E-state index contributed by atoms with van der Waals surface area (Å²) in [4.78, 5) is 11.6. The molecule has 3 N–H and O–H groups in total. The maximum Gasteiger partial charge on any atom is 0.224 e. The normalized spacial score (nSPS) is 24.8. The van der Waals surface area contributed by atoms with E-state index in [2.05, 4.69) is 11.4 Å². The Kier molecular flexibility index (Phi) is 5.13. The maximum absolute atomic E-state index is 11.6. The largest absolute Gasteiger partial charge is 0.356 e. The van der Waals surface area contributed by atoms with Gasteiger partial charge in [-0.15, -0.1) is 0 Å². The van der Waals surface area contributed by atoms with Crippen LogP contribution >= 0.6 is 0 Å². The van der Waals surface area contributed by atoms with Crippen molar-refractivity contribution < 1.29 is 4.79 Å². The van der Waals surface area contributed by atoms with E-state index in [1.54, 1.807) is 0 Å². The first-order chi connectivity index (χ1) is 7.25. The Morgan fingerprint density at radius 1 is 1.47 bits per heavy atom. The van der Waals surface area contributed by atoms with E-state index >= 15 is 0 Å². The van der Waals surface area contributed by atoms with Crippen LogP contribution in [0.4, 0.5) is 0 Å². The minimum atomic E-state index is 0.0148. The molecule has 1 aliphatic rings. The highest BCUT2D eigenvalue weighted by molar-refractivity contribution is 5.79. The third-order valence-electron chi connectivity index (χ3n) is 2.92. The van der Waals surface area contributed by atoms with E-state index in [0.29, 0.717) is 13.0 Å². The van der Waals surface area contributed by atoms with Crippen molar-refractivity contribution in [3.05, 3.63) is 0 Å². The third kappa shape index (κ3) is 3.88. The molecule has 84 valence electrons. The predicted octanol–water partition coefficient (Wildman–Crippen LogP) is 0.924. The molecule has 0 radical (unpaired) electrons. The lowest BCUT2D eigenvalue weighted by molar-refractivity contribution is -0.125. The number of nitriles is 1. The zero-order chi connectivity index (χ0) is 11.1. The van der Waals surface area contributed by atoms with Crippen LogP contribution in [0.2, 0.25) is 0 Å². The molecule has 1 rings (SSSR count). The molecule has 15 heavy (non-hydrogen) atoms. The Hall–Kier alpha value is -1.08. The first-order valence-electron chi connectivity index (χ1n) is 5.66. The van der Waals surface area contributed by atoms with Crippen LogP contribution in [0.5, 0.6) is 0 Å². The van der Waals surface area contributed by atoms with Gasteiger partial charge in [0.25, 0.3) is 0 Å². The Morgan fingerprint density at radius 3 is 2.87 bits per heavy atom. The molecular weight excluding hydrogens is 190 g/mol. The average Bonchev–Trinajstić information content (AvgIpc) is 2.64. The van der Waals surface area contributed by atoms with Gasteiger partial charge in [0, 0.05) is 19.0 Å². The summed E-state index contributed by atoms with van der Waals surface area (Å²) < 4.78 is 0. The van der Waals surface area contributed by atoms with Gasteiger partial charge in [-0.25, -0.2) is 0 Å². The van der Waals surface area contributed by atoms with Crippen LogP contribution in [0.15, 0.2) is 0 Å². The molecule has 0 saturated heterocycles. The second kappa shape index (κ2) is 6.41. The number of nitrogens with one attached hydrogen (secondary N) is 1. The number of nitrogens with two attached hydrogens (primary N) is 1. The minimum absolute atomic E-state index is 0.0148. The van der Waals surface area contributed by atoms with E-state index in [1.807, 2.05) is 0 Å². The van der Waals surface area contributed by atoms with Crippen molar-refractivity contribution in [1.29, 1.82) is 5.26 Å². The Bertz CT molecular complexity index is 247. The summed E-state index contributed by atoms with van der Waals surface area (Å²) in [5, 5.41) is 11.2. The van der Waals surface area contributed by atoms with Gasteiger partial charge in [-0.1, -0.05) is 6.42 Å². The lowest BCUT2D eigenvalue weighted by Crippen LogP contribution is -2.38. The first kappa shape index (κ1) is 12.0. The standard InChI is InChI=1S/C11H19N3O/c12-7-2-1-3-8-14-11(15)9-5-4-6-10(9)13/h9-10H,1-6,8,13H2,(H,14,15). The van der Waals surface area contributed by atoms with Crippen LogP contribution < -0.4 is 11.1 Å². The fourth-order valence-electron chi connectivity index (χ4n) is 1.99. The molecule has 1 fully saturated rings. The fraction of sp³-hybridized carbons (Fsp3) is 0.818. The molecule has 1 saturated carbocycles.